The quantitative estimate of drug-likeness (QED) is 0.881. The normalized spacial score (nSPS) is 24.3. The Bertz CT molecular complexity index is 442. The zero-order chi connectivity index (χ0) is 13.2. The highest BCUT2D eigenvalue weighted by atomic mass is 16.5. The first-order chi connectivity index (χ1) is 9.24. The lowest BCUT2D eigenvalue weighted by Gasteiger charge is -2.16. The molecule has 2 unspecified atom stereocenters. The first-order valence-corrected chi connectivity index (χ1v) is 7.17. The van der Waals surface area contributed by atoms with E-state index < -0.39 is 5.97 Å². The van der Waals surface area contributed by atoms with Crippen molar-refractivity contribution in [2.45, 2.75) is 44.1 Å². The third-order valence-corrected chi connectivity index (χ3v) is 4.25. The molecule has 0 aromatic heterocycles. The molecule has 0 amide bonds. The lowest BCUT2D eigenvalue weighted by atomic mass is 9.90. The van der Waals surface area contributed by atoms with Crippen LogP contribution in [-0.2, 0) is 9.53 Å². The lowest BCUT2D eigenvalue weighted by molar-refractivity contribution is -0.137. The molecule has 1 saturated carbocycles. The molecule has 1 aliphatic carbocycles. The highest BCUT2D eigenvalue weighted by Crippen LogP contribution is 2.44. The second-order valence-corrected chi connectivity index (χ2v) is 5.71. The number of carboxylic acid groups (broad SMARTS) is 1. The highest BCUT2D eigenvalue weighted by Gasteiger charge is 2.33. The molecule has 3 rings (SSSR count). The Morgan fingerprint density at radius 1 is 1.26 bits per heavy atom. The highest BCUT2D eigenvalue weighted by molar-refractivity contribution is 5.68. The fourth-order valence-corrected chi connectivity index (χ4v) is 3.04. The Hall–Kier alpha value is -1.35. The van der Waals surface area contributed by atoms with Crippen LogP contribution in [0.15, 0.2) is 24.3 Å². The van der Waals surface area contributed by atoms with Gasteiger partial charge in [-0.25, -0.2) is 0 Å². The molecule has 0 spiro atoms. The van der Waals surface area contributed by atoms with Crippen LogP contribution in [0.1, 0.15) is 55.3 Å². The maximum absolute atomic E-state index is 11.0. The SMILES string of the molecule is O=C(O)CC(c1ccc(C2CCCO2)cc1)C1CC1. The van der Waals surface area contributed by atoms with E-state index in [9.17, 15) is 4.79 Å². The van der Waals surface area contributed by atoms with Gasteiger partial charge in [0.25, 0.3) is 0 Å². The molecule has 19 heavy (non-hydrogen) atoms. The molecular weight excluding hydrogens is 240 g/mol. The van der Waals surface area contributed by atoms with Crippen LogP contribution in [0.5, 0.6) is 0 Å². The van der Waals surface area contributed by atoms with Crippen molar-refractivity contribution in [1.82, 2.24) is 0 Å². The Labute approximate surface area is 113 Å². The van der Waals surface area contributed by atoms with Gasteiger partial charge >= 0.3 is 5.97 Å². The summed E-state index contributed by atoms with van der Waals surface area (Å²) in [6, 6.07) is 8.43. The molecule has 1 aromatic carbocycles. The van der Waals surface area contributed by atoms with E-state index in [4.69, 9.17) is 9.84 Å². The molecule has 3 nitrogen and oxygen atoms in total. The molecule has 2 atom stereocenters. The molecule has 2 fully saturated rings. The Balaban J connectivity index is 1.74. The zero-order valence-electron chi connectivity index (χ0n) is 11.0. The smallest absolute Gasteiger partial charge is 0.303 e. The van der Waals surface area contributed by atoms with Gasteiger partial charge in [0, 0.05) is 6.61 Å². The van der Waals surface area contributed by atoms with E-state index in [0.29, 0.717) is 5.92 Å². The molecule has 3 heteroatoms. The van der Waals surface area contributed by atoms with Gasteiger partial charge in [-0.3, -0.25) is 4.79 Å². The third-order valence-electron chi connectivity index (χ3n) is 4.25. The van der Waals surface area contributed by atoms with E-state index in [2.05, 4.69) is 24.3 Å². The largest absolute Gasteiger partial charge is 0.481 e. The summed E-state index contributed by atoms with van der Waals surface area (Å²) >= 11 is 0. The number of benzene rings is 1. The number of aliphatic carboxylic acids is 1. The van der Waals surface area contributed by atoms with Crippen LogP contribution in [0.25, 0.3) is 0 Å². The van der Waals surface area contributed by atoms with E-state index >= 15 is 0 Å². The van der Waals surface area contributed by atoms with E-state index in [0.717, 1.165) is 19.4 Å². The summed E-state index contributed by atoms with van der Waals surface area (Å²) in [4.78, 5) is 11.0. The summed E-state index contributed by atoms with van der Waals surface area (Å²) in [6.45, 7) is 0.857. The van der Waals surface area contributed by atoms with Gasteiger partial charge in [0.2, 0.25) is 0 Å². The summed E-state index contributed by atoms with van der Waals surface area (Å²) in [5.74, 6) is 0.0702. The summed E-state index contributed by atoms with van der Waals surface area (Å²) < 4.78 is 5.67. The molecule has 1 heterocycles. The molecule has 1 saturated heterocycles. The van der Waals surface area contributed by atoms with Crippen molar-refractivity contribution in [1.29, 1.82) is 0 Å². The van der Waals surface area contributed by atoms with Crippen LogP contribution in [0.3, 0.4) is 0 Å². The van der Waals surface area contributed by atoms with Crippen molar-refractivity contribution in [3.8, 4) is 0 Å². The summed E-state index contributed by atoms with van der Waals surface area (Å²) in [5.41, 5.74) is 2.40. The fraction of sp³-hybridized carbons (Fsp3) is 0.562. The molecule has 0 radical (unpaired) electrons. The van der Waals surface area contributed by atoms with Crippen molar-refractivity contribution in [3.05, 3.63) is 35.4 Å². The molecule has 1 aromatic rings. The van der Waals surface area contributed by atoms with Gasteiger partial charge in [0.05, 0.1) is 12.5 Å². The van der Waals surface area contributed by atoms with E-state index in [-0.39, 0.29) is 18.4 Å². The standard InChI is InChI=1S/C16H20O3/c17-16(18)10-14(11-3-4-11)12-5-7-13(8-6-12)15-2-1-9-19-15/h5-8,11,14-15H,1-4,9-10H2,(H,17,18). The Morgan fingerprint density at radius 3 is 2.53 bits per heavy atom. The van der Waals surface area contributed by atoms with Crippen LogP contribution >= 0.6 is 0 Å². The van der Waals surface area contributed by atoms with Crippen LogP contribution < -0.4 is 0 Å². The molecule has 1 aliphatic heterocycles. The number of rotatable bonds is 5. The van der Waals surface area contributed by atoms with E-state index in [1.165, 1.54) is 24.0 Å². The molecule has 2 aliphatic rings. The Kier molecular flexibility index (Phi) is 3.56. The first kappa shape index (κ1) is 12.7. The number of hydrogen-bond acceptors (Lipinski definition) is 2. The third kappa shape index (κ3) is 2.98. The van der Waals surface area contributed by atoms with Crippen LogP contribution in [0.4, 0.5) is 0 Å². The lowest BCUT2D eigenvalue weighted by Crippen LogP contribution is -2.08. The van der Waals surface area contributed by atoms with E-state index in [1.54, 1.807) is 0 Å². The minimum Gasteiger partial charge on any atom is -0.481 e. The minimum absolute atomic E-state index is 0.191. The predicted molar refractivity (Wildman–Crippen MR) is 72.1 cm³/mol. The Morgan fingerprint density at radius 2 is 2.00 bits per heavy atom. The van der Waals surface area contributed by atoms with Gasteiger partial charge in [0.1, 0.15) is 0 Å². The fourth-order valence-electron chi connectivity index (χ4n) is 3.04. The zero-order valence-corrected chi connectivity index (χ0v) is 11.0. The van der Waals surface area contributed by atoms with Crippen LogP contribution in [0, 0.1) is 5.92 Å². The van der Waals surface area contributed by atoms with Gasteiger partial charge in [-0.15, -0.1) is 0 Å². The summed E-state index contributed by atoms with van der Waals surface area (Å²) in [6.07, 6.45) is 5.07. The van der Waals surface area contributed by atoms with Gasteiger partial charge < -0.3 is 9.84 Å². The number of carbonyl (C=O) groups is 1. The van der Waals surface area contributed by atoms with Gasteiger partial charge in [0.15, 0.2) is 0 Å². The van der Waals surface area contributed by atoms with Gasteiger partial charge in [-0.05, 0) is 48.6 Å². The monoisotopic (exact) mass is 260 g/mol. The van der Waals surface area contributed by atoms with Crippen molar-refractivity contribution in [3.63, 3.8) is 0 Å². The maximum atomic E-state index is 11.0. The number of hydrogen-bond donors (Lipinski definition) is 1. The van der Waals surface area contributed by atoms with Crippen molar-refractivity contribution in [2.75, 3.05) is 6.61 Å². The average molecular weight is 260 g/mol. The summed E-state index contributed by atoms with van der Waals surface area (Å²) in [7, 11) is 0. The van der Waals surface area contributed by atoms with Crippen molar-refractivity contribution >= 4 is 5.97 Å². The molecule has 0 bridgehead atoms. The molecule has 102 valence electrons. The topological polar surface area (TPSA) is 46.5 Å². The van der Waals surface area contributed by atoms with Gasteiger partial charge in [-0.1, -0.05) is 24.3 Å². The average Bonchev–Trinajstić information content (AvgIpc) is 3.10. The second-order valence-electron chi connectivity index (χ2n) is 5.71. The predicted octanol–water partition coefficient (Wildman–Crippen LogP) is 3.51. The van der Waals surface area contributed by atoms with E-state index in [1.807, 2.05) is 0 Å². The van der Waals surface area contributed by atoms with Crippen molar-refractivity contribution < 1.29 is 14.6 Å². The number of ether oxygens (including phenoxy) is 1. The maximum Gasteiger partial charge on any atom is 0.303 e. The summed E-state index contributed by atoms with van der Waals surface area (Å²) in [5, 5.41) is 9.03. The van der Waals surface area contributed by atoms with Crippen LogP contribution in [0.2, 0.25) is 0 Å². The number of carboxylic acids is 1. The minimum atomic E-state index is -0.694. The first-order valence-electron chi connectivity index (χ1n) is 7.17. The second kappa shape index (κ2) is 5.33. The van der Waals surface area contributed by atoms with Crippen molar-refractivity contribution in [2.24, 2.45) is 5.92 Å². The molecular formula is C16H20O3. The van der Waals surface area contributed by atoms with Crippen LogP contribution in [-0.4, -0.2) is 17.7 Å². The molecule has 1 N–H and O–H groups in total. The van der Waals surface area contributed by atoms with Gasteiger partial charge in [-0.2, -0.15) is 0 Å².